The van der Waals surface area contributed by atoms with Crippen LogP contribution >= 0.6 is 23.4 Å². The summed E-state index contributed by atoms with van der Waals surface area (Å²) < 4.78 is 16.2. The number of thioether (sulfide) groups is 1. The van der Waals surface area contributed by atoms with Crippen LogP contribution in [0.1, 0.15) is 5.56 Å². The maximum Gasteiger partial charge on any atom is 0.231 e. The first-order valence-electron chi connectivity index (χ1n) is 8.80. The van der Waals surface area contributed by atoms with Crippen LogP contribution in [0, 0.1) is 0 Å². The summed E-state index contributed by atoms with van der Waals surface area (Å²) in [5.74, 6) is 2.98. The van der Waals surface area contributed by atoms with Gasteiger partial charge in [-0.3, -0.25) is 0 Å². The van der Waals surface area contributed by atoms with Crippen molar-refractivity contribution in [2.45, 2.75) is 10.8 Å². The Kier molecular flexibility index (Phi) is 4.79. The van der Waals surface area contributed by atoms with E-state index in [1.807, 2.05) is 18.2 Å². The molecule has 0 radical (unpaired) electrons. The van der Waals surface area contributed by atoms with Crippen molar-refractivity contribution in [1.29, 1.82) is 0 Å². The lowest BCUT2D eigenvalue weighted by Crippen LogP contribution is -2.37. The number of benzene rings is 1. The van der Waals surface area contributed by atoms with Gasteiger partial charge in [-0.2, -0.15) is 4.98 Å². The molecule has 0 aliphatic carbocycles. The monoisotopic (exact) mass is 417 g/mol. The van der Waals surface area contributed by atoms with Gasteiger partial charge in [0.15, 0.2) is 17.3 Å². The number of hydrogen-bond acceptors (Lipinski definition) is 9. The molecule has 1 saturated heterocycles. The number of aromatic nitrogens is 4. The van der Waals surface area contributed by atoms with Gasteiger partial charge in [0.2, 0.25) is 12.1 Å². The summed E-state index contributed by atoms with van der Waals surface area (Å²) in [6.45, 7) is 3.06. The van der Waals surface area contributed by atoms with Gasteiger partial charge in [0.1, 0.15) is 22.4 Å². The zero-order valence-electron chi connectivity index (χ0n) is 14.8. The smallest absolute Gasteiger partial charge is 0.231 e. The number of fused-ring (bicyclic) bond motifs is 2. The molecule has 0 amide bonds. The van der Waals surface area contributed by atoms with Crippen LogP contribution in [0.15, 0.2) is 29.6 Å². The Labute approximate surface area is 170 Å². The molecule has 0 saturated carbocycles. The highest BCUT2D eigenvalue weighted by molar-refractivity contribution is 7.98. The highest BCUT2D eigenvalue weighted by Gasteiger charge is 2.20. The maximum absolute atomic E-state index is 6.22. The standard InChI is InChI=1S/C18H16ClN5O3S/c19-18-22-15-14(16(23-18)24-3-5-25-6-4-24)20-9-21-17(15)28-8-11-1-2-12-13(7-11)27-10-26-12/h1-2,7,9H,3-6,8,10H2. The first kappa shape index (κ1) is 17.7. The minimum Gasteiger partial charge on any atom is -0.454 e. The minimum absolute atomic E-state index is 0.189. The maximum atomic E-state index is 6.22. The van der Waals surface area contributed by atoms with Gasteiger partial charge in [-0.15, -0.1) is 0 Å². The summed E-state index contributed by atoms with van der Waals surface area (Å²) in [5, 5.41) is 0.954. The Balaban J connectivity index is 1.45. The average molecular weight is 418 g/mol. The van der Waals surface area contributed by atoms with E-state index in [9.17, 15) is 0 Å². The Bertz CT molecular complexity index is 1030. The van der Waals surface area contributed by atoms with Crippen LogP contribution in [0.25, 0.3) is 11.0 Å². The summed E-state index contributed by atoms with van der Waals surface area (Å²) >= 11 is 7.79. The van der Waals surface area contributed by atoms with Crippen LogP contribution < -0.4 is 14.4 Å². The number of rotatable bonds is 4. The number of hydrogen-bond donors (Lipinski definition) is 0. The Hall–Kier alpha value is -2.36. The van der Waals surface area contributed by atoms with E-state index in [0.29, 0.717) is 30.0 Å². The van der Waals surface area contributed by atoms with E-state index in [-0.39, 0.29) is 12.1 Å². The Morgan fingerprint density at radius 2 is 1.89 bits per heavy atom. The molecular weight excluding hydrogens is 402 g/mol. The third-order valence-electron chi connectivity index (χ3n) is 4.53. The molecule has 4 heterocycles. The molecule has 2 aliphatic rings. The molecule has 144 valence electrons. The molecule has 0 atom stereocenters. The zero-order valence-corrected chi connectivity index (χ0v) is 16.4. The summed E-state index contributed by atoms with van der Waals surface area (Å²) in [4.78, 5) is 19.8. The van der Waals surface area contributed by atoms with E-state index in [2.05, 4.69) is 24.8 Å². The molecule has 0 spiro atoms. The summed E-state index contributed by atoms with van der Waals surface area (Å²) in [7, 11) is 0. The average Bonchev–Trinajstić information content (AvgIpc) is 3.20. The third kappa shape index (κ3) is 3.41. The SMILES string of the molecule is Clc1nc(N2CCOCC2)c2ncnc(SCc3ccc4c(c3)OCO4)c2n1. The van der Waals surface area contributed by atoms with Crippen molar-refractivity contribution in [3.05, 3.63) is 35.4 Å². The topological polar surface area (TPSA) is 82.5 Å². The van der Waals surface area contributed by atoms with Gasteiger partial charge >= 0.3 is 0 Å². The fourth-order valence-corrected chi connectivity index (χ4v) is 4.22. The molecule has 5 rings (SSSR count). The van der Waals surface area contributed by atoms with Gasteiger partial charge in [-0.1, -0.05) is 17.8 Å². The van der Waals surface area contributed by atoms with Crippen LogP contribution in [-0.4, -0.2) is 53.0 Å². The predicted molar refractivity (Wildman–Crippen MR) is 105 cm³/mol. The van der Waals surface area contributed by atoms with E-state index in [4.69, 9.17) is 25.8 Å². The van der Waals surface area contributed by atoms with Crippen LogP contribution in [-0.2, 0) is 10.5 Å². The van der Waals surface area contributed by atoms with E-state index < -0.39 is 0 Å². The molecule has 0 unspecified atom stereocenters. The van der Waals surface area contributed by atoms with Crippen LogP contribution in [0.4, 0.5) is 5.82 Å². The van der Waals surface area contributed by atoms with E-state index in [0.717, 1.165) is 41.0 Å². The second-order valence-electron chi connectivity index (χ2n) is 6.27. The fourth-order valence-electron chi connectivity index (χ4n) is 3.17. The predicted octanol–water partition coefficient (Wildman–Crippen LogP) is 2.93. The van der Waals surface area contributed by atoms with Crippen molar-refractivity contribution >= 4 is 40.2 Å². The second-order valence-corrected chi connectivity index (χ2v) is 7.57. The summed E-state index contributed by atoms with van der Waals surface area (Å²) in [6.07, 6.45) is 1.55. The lowest BCUT2D eigenvalue weighted by Gasteiger charge is -2.28. The zero-order chi connectivity index (χ0) is 18.9. The first-order valence-corrected chi connectivity index (χ1v) is 10.2. The number of anilines is 1. The first-order chi connectivity index (χ1) is 13.8. The summed E-state index contributed by atoms with van der Waals surface area (Å²) in [5.41, 5.74) is 2.47. The Morgan fingerprint density at radius 3 is 2.79 bits per heavy atom. The molecule has 28 heavy (non-hydrogen) atoms. The van der Waals surface area contributed by atoms with Gasteiger partial charge in [0.05, 0.1) is 13.2 Å². The Morgan fingerprint density at radius 1 is 1.04 bits per heavy atom. The van der Waals surface area contributed by atoms with Crippen molar-refractivity contribution in [3.8, 4) is 11.5 Å². The van der Waals surface area contributed by atoms with Gasteiger partial charge in [-0.05, 0) is 29.3 Å². The van der Waals surface area contributed by atoms with Gasteiger partial charge < -0.3 is 19.1 Å². The quantitative estimate of drug-likeness (QED) is 0.361. The molecule has 2 aromatic heterocycles. The highest BCUT2D eigenvalue weighted by atomic mass is 35.5. The number of halogens is 1. The normalized spacial score (nSPS) is 16.0. The third-order valence-corrected chi connectivity index (χ3v) is 5.74. The molecule has 0 bridgehead atoms. The molecule has 2 aliphatic heterocycles. The molecule has 1 aromatic carbocycles. The van der Waals surface area contributed by atoms with Crippen molar-refractivity contribution in [2.24, 2.45) is 0 Å². The van der Waals surface area contributed by atoms with Gasteiger partial charge in [0, 0.05) is 18.8 Å². The van der Waals surface area contributed by atoms with Gasteiger partial charge in [0.25, 0.3) is 0 Å². The van der Waals surface area contributed by atoms with Crippen LogP contribution in [0.2, 0.25) is 5.28 Å². The number of ether oxygens (including phenoxy) is 3. The van der Waals surface area contributed by atoms with Crippen LogP contribution in [0.3, 0.4) is 0 Å². The van der Waals surface area contributed by atoms with Gasteiger partial charge in [-0.25, -0.2) is 15.0 Å². The van der Waals surface area contributed by atoms with Crippen molar-refractivity contribution in [2.75, 3.05) is 38.0 Å². The number of nitrogens with zero attached hydrogens (tertiary/aromatic N) is 5. The highest BCUT2D eigenvalue weighted by Crippen LogP contribution is 2.35. The molecule has 8 nitrogen and oxygen atoms in total. The second kappa shape index (κ2) is 7.57. The molecule has 0 N–H and O–H groups in total. The largest absolute Gasteiger partial charge is 0.454 e. The van der Waals surface area contributed by atoms with E-state index >= 15 is 0 Å². The lowest BCUT2D eigenvalue weighted by molar-refractivity contribution is 0.122. The van der Waals surface area contributed by atoms with E-state index in [1.165, 1.54) is 0 Å². The lowest BCUT2D eigenvalue weighted by atomic mass is 10.2. The van der Waals surface area contributed by atoms with Crippen molar-refractivity contribution < 1.29 is 14.2 Å². The minimum atomic E-state index is 0.189. The molecule has 1 fully saturated rings. The number of morpholine rings is 1. The molecule has 3 aromatic rings. The molecular formula is C18H16ClN5O3S. The van der Waals surface area contributed by atoms with Crippen LogP contribution in [0.5, 0.6) is 11.5 Å². The van der Waals surface area contributed by atoms with Crippen molar-refractivity contribution in [1.82, 2.24) is 19.9 Å². The summed E-state index contributed by atoms with van der Waals surface area (Å²) in [6, 6.07) is 5.93. The van der Waals surface area contributed by atoms with E-state index in [1.54, 1.807) is 18.1 Å². The van der Waals surface area contributed by atoms with Crippen molar-refractivity contribution in [3.63, 3.8) is 0 Å². The molecule has 10 heteroatoms. The fraction of sp³-hybridized carbons (Fsp3) is 0.333.